The van der Waals surface area contributed by atoms with Gasteiger partial charge in [-0.2, -0.15) is 0 Å². The summed E-state index contributed by atoms with van der Waals surface area (Å²) in [6.07, 6.45) is 1.51. The second-order valence-electron chi connectivity index (χ2n) is 4.76. The fraction of sp³-hybridized carbons (Fsp3) is 0.727. The van der Waals surface area contributed by atoms with Crippen LogP contribution < -0.4 is 10.6 Å². The maximum absolute atomic E-state index is 11.8. The number of nitrogens with zero attached hydrogens (tertiary/aromatic N) is 2. The number of hydrogen-bond acceptors (Lipinski definition) is 8. The second kappa shape index (κ2) is 7.41. The van der Waals surface area contributed by atoms with Crippen molar-refractivity contribution in [1.82, 2.24) is 15.5 Å². The monoisotopic (exact) mass is 350 g/mol. The Kier molecular flexibility index (Phi) is 5.82. The highest BCUT2D eigenvalue weighted by Crippen LogP contribution is 2.25. The normalized spacial score (nSPS) is 20.3. The lowest BCUT2D eigenvalue weighted by Crippen LogP contribution is -2.36. The minimum absolute atomic E-state index is 0.0489. The molecule has 1 aliphatic heterocycles. The van der Waals surface area contributed by atoms with E-state index in [2.05, 4.69) is 27.8 Å². The van der Waals surface area contributed by atoms with Crippen molar-refractivity contribution in [2.24, 2.45) is 0 Å². The summed E-state index contributed by atoms with van der Waals surface area (Å²) >= 11 is 2.72. The smallest absolute Gasteiger partial charge is 0.230 e. The molecule has 0 bridgehead atoms. The largest absolute Gasteiger partial charge is 0.360 e. The average Bonchev–Trinajstić information content (AvgIpc) is 3.00. The van der Waals surface area contributed by atoms with Crippen LogP contribution in [0.2, 0.25) is 0 Å². The van der Waals surface area contributed by atoms with E-state index in [0.717, 1.165) is 22.4 Å². The van der Waals surface area contributed by atoms with Crippen LogP contribution in [-0.2, 0) is 14.6 Å². The molecule has 1 fully saturated rings. The number of aromatic nitrogens is 2. The van der Waals surface area contributed by atoms with Gasteiger partial charge in [0.05, 0.1) is 17.3 Å². The Bertz CT molecular complexity index is 587. The van der Waals surface area contributed by atoms with Gasteiger partial charge in [0.15, 0.2) is 14.2 Å². The van der Waals surface area contributed by atoms with Gasteiger partial charge in [-0.15, -0.1) is 10.2 Å². The zero-order valence-electron chi connectivity index (χ0n) is 11.7. The van der Waals surface area contributed by atoms with E-state index < -0.39 is 9.84 Å². The predicted octanol–water partition coefficient (Wildman–Crippen LogP) is 0.755. The molecule has 1 atom stereocenters. The van der Waals surface area contributed by atoms with E-state index >= 15 is 0 Å². The molecule has 0 aliphatic carbocycles. The second-order valence-corrected chi connectivity index (χ2v) is 9.18. The molecule has 10 heteroatoms. The number of carbonyl (C=O) groups is 1. The van der Waals surface area contributed by atoms with E-state index in [4.69, 9.17) is 0 Å². The van der Waals surface area contributed by atoms with Crippen molar-refractivity contribution in [3.05, 3.63) is 0 Å². The van der Waals surface area contributed by atoms with Crippen LogP contribution in [0.25, 0.3) is 0 Å². The number of sulfone groups is 1. The SMILES string of the molecule is CCCNc1nnc(SCC(=O)N[C@H]2CCS(=O)(=O)C2)s1. The maximum atomic E-state index is 11.8. The topological polar surface area (TPSA) is 101 Å². The molecule has 118 valence electrons. The fourth-order valence-corrected chi connectivity index (χ4v) is 5.14. The first-order valence-electron chi connectivity index (χ1n) is 6.68. The first-order valence-corrected chi connectivity index (χ1v) is 10.3. The molecule has 1 aliphatic rings. The molecular weight excluding hydrogens is 332 g/mol. The zero-order chi connectivity index (χ0) is 15.3. The van der Waals surface area contributed by atoms with Crippen LogP contribution in [0, 0.1) is 0 Å². The van der Waals surface area contributed by atoms with Gasteiger partial charge in [0.25, 0.3) is 0 Å². The van der Waals surface area contributed by atoms with Gasteiger partial charge in [0.1, 0.15) is 0 Å². The minimum atomic E-state index is -2.96. The van der Waals surface area contributed by atoms with Gasteiger partial charge in [-0.25, -0.2) is 8.42 Å². The number of anilines is 1. The van der Waals surface area contributed by atoms with E-state index in [1.807, 2.05) is 0 Å². The fourth-order valence-electron chi connectivity index (χ4n) is 1.88. The van der Waals surface area contributed by atoms with E-state index in [-0.39, 0.29) is 29.2 Å². The molecule has 2 N–H and O–H groups in total. The Morgan fingerprint density at radius 3 is 2.95 bits per heavy atom. The standard InChI is InChI=1S/C11H18N4O3S3/c1-2-4-12-10-14-15-11(20-10)19-6-9(16)13-8-3-5-21(17,18)7-8/h8H,2-7H2,1H3,(H,12,14)(H,13,16)/t8-/m0/s1. The van der Waals surface area contributed by atoms with Crippen LogP contribution in [0.1, 0.15) is 19.8 Å². The van der Waals surface area contributed by atoms with E-state index in [9.17, 15) is 13.2 Å². The summed E-state index contributed by atoms with van der Waals surface area (Å²) < 4.78 is 23.3. The van der Waals surface area contributed by atoms with Crippen molar-refractivity contribution in [3.63, 3.8) is 0 Å². The quantitative estimate of drug-likeness (QED) is 0.700. The van der Waals surface area contributed by atoms with Crippen LogP contribution in [0.3, 0.4) is 0 Å². The molecular formula is C11H18N4O3S3. The van der Waals surface area contributed by atoms with Gasteiger partial charge in [-0.3, -0.25) is 4.79 Å². The summed E-state index contributed by atoms with van der Waals surface area (Å²) in [7, 11) is -2.96. The maximum Gasteiger partial charge on any atom is 0.230 e. The summed E-state index contributed by atoms with van der Waals surface area (Å²) in [4.78, 5) is 11.8. The molecule has 0 unspecified atom stereocenters. The third-order valence-electron chi connectivity index (χ3n) is 2.86. The van der Waals surface area contributed by atoms with E-state index in [0.29, 0.717) is 6.42 Å². The summed E-state index contributed by atoms with van der Waals surface area (Å²) in [6, 6.07) is -0.251. The molecule has 0 saturated carbocycles. The first-order chi connectivity index (χ1) is 9.98. The van der Waals surface area contributed by atoms with Crippen molar-refractivity contribution in [2.75, 3.05) is 29.1 Å². The highest BCUT2D eigenvalue weighted by atomic mass is 32.2. The third kappa shape index (κ3) is 5.44. The summed E-state index contributed by atoms with van der Waals surface area (Å²) in [5.41, 5.74) is 0. The highest BCUT2D eigenvalue weighted by Gasteiger charge is 2.28. The Morgan fingerprint density at radius 2 is 2.29 bits per heavy atom. The Labute approximate surface area is 132 Å². The van der Waals surface area contributed by atoms with Gasteiger partial charge in [0.2, 0.25) is 11.0 Å². The van der Waals surface area contributed by atoms with Crippen LogP contribution >= 0.6 is 23.1 Å². The number of carbonyl (C=O) groups excluding carboxylic acids is 1. The Hall–Kier alpha value is -0.870. The number of hydrogen-bond donors (Lipinski definition) is 2. The molecule has 1 aromatic rings. The molecule has 1 saturated heterocycles. The number of nitrogens with one attached hydrogen (secondary N) is 2. The Balaban J connectivity index is 1.72. The van der Waals surface area contributed by atoms with E-state index in [1.54, 1.807) is 0 Å². The minimum Gasteiger partial charge on any atom is -0.360 e. The molecule has 2 heterocycles. The molecule has 1 aromatic heterocycles. The van der Waals surface area contributed by atoms with Gasteiger partial charge in [-0.1, -0.05) is 30.0 Å². The van der Waals surface area contributed by atoms with Crippen LogP contribution in [0.4, 0.5) is 5.13 Å². The molecule has 0 spiro atoms. The van der Waals surface area contributed by atoms with Gasteiger partial charge < -0.3 is 10.6 Å². The van der Waals surface area contributed by atoms with Crippen molar-refractivity contribution in [2.45, 2.75) is 30.1 Å². The average molecular weight is 350 g/mol. The van der Waals surface area contributed by atoms with Crippen LogP contribution in [0.15, 0.2) is 4.34 Å². The van der Waals surface area contributed by atoms with Gasteiger partial charge in [-0.05, 0) is 12.8 Å². The third-order valence-corrected chi connectivity index (χ3v) is 6.64. The number of amides is 1. The zero-order valence-corrected chi connectivity index (χ0v) is 14.1. The molecule has 1 amide bonds. The van der Waals surface area contributed by atoms with Crippen molar-refractivity contribution in [3.8, 4) is 0 Å². The van der Waals surface area contributed by atoms with Gasteiger partial charge in [0, 0.05) is 12.6 Å². The van der Waals surface area contributed by atoms with Crippen molar-refractivity contribution in [1.29, 1.82) is 0 Å². The molecule has 21 heavy (non-hydrogen) atoms. The molecule has 2 rings (SSSR count). The lowest BCUT2D eigenvalue weighted by molar-refractivity contribution is -0.119. The van der Waals surface area contributed by atoms with E-state index in [1.165, 1.54) is 23.1 Å². The van der Waals surface area contributed by atoms with Crippen molar-refractivity contribution < 1.29 is 13.2 Å². The molecule has 7 nitrogen and oxygen atoms in total. The number of thioether (sulfide) groups is 1. The van der Waals surface area contributed by atoms with Crippen LogP contribution in [0.5, 0.6) is 0 Å². The summed E-state index contributed by atoms with van der Waals surface area (Å²) in [5.74, 6) is 0.264. The summed E-state index contributed by atoms with van der Waals surface area (Å²) in [6.45, 7) is 2.91. The number of rotatable bonds is 7. The summed E-state index contributed by atoms with van der Waals surface area (Å²) in [5, 5.41) is 14.6. The first kappa shape index (κ1) is 16.5. The molecule has 0 aromatic carbocycles. The predicted molar refractivity (Wildman–Crippen MR) is 84.6 cm³/mol. The van der Waals surface area contributed by atoms with Crippen LogP contribution in [-0.4, -0.2) is 54.4 Å². The van der Waals surface area contributed by atoms with Crippen molar-refractivity contribution >= 4 is 44.0 Å². The Morgan fingerprint density at radius 1 is 1.48 bits per heavy atom. The lowest BCUT2D eigenvalue weighted by atomic mass is 10.3. The van der Waals surface area contributed by atoms with Gasteiger partial charge >= 0.3 is 0 Å². The lowest BCUT2D eigenvalue weighted by Gasteiger charge is -2.09. The highest BCUT2D eigenvalue weighted by molar-refractivity contribution is 8.01. The molecule has 0 radical (unpaired) electrons.